The molecule has 0 spiro atoms. The molecule has 0 aromatic carbocycles. The molecular formula is C19H28N2O8. The fourth-order valence-corrected chi connectivity index (χ4v) is 3.92. The van der Waals surface area contributed by atoms with Gasteiger partial charge in [-0.3, -0.25) is 14.3 Å². The summed E-state index contributed by atoms with van der Waals surface area (Å²) in [6, 6.07) is 1.21. The lowest BCUT2D eigenvalue weighted by Crippen LogP contribution is -2.42. The minimum absolute atomic E-state index is 0.147. The fraction of sp³-hybridized carbons (Fsp3) is 0.789. The van der Waals surface area contributed by atoms with Gasteiger partial charge in [0.2, 0.25) is 0 Å². The largest absolute Gasteiger partial charge is 0.386 e. The van der Waals surface area contributed by atoms with E-state index in [1.54, 1.807) is 0 Å². The van der Waals surface area contributed by atoms with Crippen molar-refractivity contribution in [2.45, 2.75) is 75.6 Å². The number of aromatic nitrogens is 2. The fourth-order valence-electron chi connectivity index (χ4n) is 3.92. The Balaban J connectivity index is 1.49. The van der Waals surface area contributed by atoms with E-state index in [1.807, 2.05) is 0 Å². The first-order chi connectivity index (χ1) is 14.1. The molecule has 1 aromatic rings. The van der Waals surface area contributed by atoms with Gasteiger partial charge in [-0.1, -0.05) is 0 Å². The SMILES string of the molecule is O=c1ccn([C@@H]2O[C@H](COC3CCCCO3)[C@@H](OC3CCCCO3)[C@H]2O)c(=O)[nH]1. The van der Waals surface area contributed by atoms with Crippen LogP contribution < -0.4 is 11.2 Å². The van der Waals surface area contributed by atoms with Gasteiger partial charge in [-0.2, -0.15) is 0 Å². The average molecular weight is 412 g/mol. The van der Waals surface area contributed by atoms with E-state index in [0.29, 0.717) is 13.2 Å². The van der Waals surface area contributed by atoms with Crippen LogP contribution in [0.4, 0.5) is 0 Å². The van der Waals surface area contributed by atoms with Crippen LogP contribution in [0.15, 0.2) is 21.9 Å². The molecule has 3 saturated heterocycles. The summed E-state index contributed by atoms with van der Waals surface area (Å²) >= 11 is 0. The van der Waals surface area contributed by atoms with E-state index in [9.17, 15) is 14.7 Å². The van der Waals surface area contributed by atoms with Crippen molar-refractivity contribution in [3.63, 3.8) is 0 Å². The molecule has 1 aromatic heterocycles. The van der Waals surface area contributed by atoms with Crippen LogP contribution in [0.2, 0.25) is 0 Å². The van der Waals surface area contributed by atoms with Crippen molar-refractivity contribution in [3.05, 3.63) is 33.1 Å². The Kier molecular flexibility index (Phi) is 6.78. The van der Waals surface area contributed by atoms with Crippen LogP contribution in [0.1, 0.15) is 44.8 Å². The van der Waals surface area contributed by atoms with Crippen molar-refractivity contribution >= 4 is 0 Å². The Morgan fingerprint density at radius 1 is 1.10 bits per heavy atom. The molecular weight excluding hydrogens is 384 g/mol. The van der Waals surface area contributed by atoms with Crippen molar-refractivity contribution in [2.24, 2.45) is 0 Å². The number of hydrogen-bond acceptors (Lipinski definition) is 8. The maximum absolute atomic E-state index is 12.2. The average Bonchev–Trinajstić information content (AvgIpc) is 3.03. The second-order valence-corrected chi connectivity index (χ2v) is 7.60. The minimum Gasteiger partial charge on any atom is -0.386 e. The van der Waals surface area contributed by atoms with E-state index in [2.05, 4.69) is 4.98 Å². The van der Waals surface area contributed by atoms with Crippen molar-refractivity contribution in [2.75, 3.05) is 19.8 Å². The number of aromatic amines is 1. The second kappa shape index (κ2) is 9.50. The Hall–Kier alpha value is -1.56. The number of aliphatic hydroxyl groups is 1. The number of rotatable bonds is 6. The minimum atomic E-state index is -1.13. The van der Waals surface area contributed by atoms with Crippen LogP contribution in [0.25, 0.3) is 0 Å². The first-order valence-corrected chi connectivity index (χ1v) is 10.3. The molecule has 3 aliphatic heterocycles. The van der Waals surface area contributed by atoms with E-state index in [4.69, 9.17) is 23.7 Å². The highest BCUT2D eigenvalue weighted by Crippen LogP contribution is 2.33. The van der Waals surface area contributed by atoms with Gasteiger partial charge in [-0.05, 0) is 38.5 Å². The molecule has 2 N–H and O–H groups in total. The van der Waals surface area contributed by atoms with Gasteiger partial charge >= 0.3 is 5.69 Å². The van der Waals surface area contributed by atoms with Gasteiger partial charge in [0.1, 0.15) is 18.3 Å². The van der Waals surface area contributed by atoms with E-state index in [1.165, 1.54) is 12.3 Å². The third-order valence-electron chi connectivity index (χ3n) is 5.47. The van der Waals surface area contributed by atoms with Crippen molar-refractivity contribution in [3.8, 4) is 0 Å². The zero-order chi connectivity index (χ0) is 20.2. The first kappa shape index (κ1) is 20.7. The quantitative estimate of drug-likeness (QED) is 0.682. The van der Waals surface area contributed by atoms with Gasteiger partial charge < -0.3 is 28.8 Å². The molecule has 3 fully saturated rings. The van der Waals surface area contributed by atoms with E-state index < -0.39 is 42.1 Å². The van der Waals surface area contributed by atoms with E-state index >= 15 is 0 Å². The smallest absolute Gasteiger partial charge is 0.330 e. The Bertz CT molecular complexity index is 768. The van der Waals surface area contributed by atoms with Crippen LogP contribution in [0.5, 0.6) is 0 Å². The van der Waals surface area contributed by atoms with Gasteiger partial charge in [-0.15, -0.1) is 0 Å². The van der Waals surface area contributed by atoms with Crippen LogP contribution in [-0.2, 0) is 23.7 Å². The van der Waals surface area contributed by atoms with Crippen molar-refractivity contribution in [1.82, 2.24) is 9.55 Å². The van der Waals surface area contributed by atoms with Gasteiger partial charge in [0.05, 0.1) is 6.61 Å². The van der Waals surface area contributed by atoms with E-state index in [-0.39, 0.29) is 12.9 Å². The molecule has 162 valence electrons. The lowest BCUT2D eigenvalue weighted by molar-refractivity contribution is -0.223. The summed E-state index contributed by atoms with van der Waals surface area (Å²) in [5.41, 5.74) is -1.18. The summed E-state index contributed by atoms with van der Waals surface area (Å²) in [5, 5.41) is 10.9. The Labute approximate surface area is 167 Å². The molecule has 4 rings (SSSR count). The molecule has 0 saturated carbocycles. The lowest BCUT2D eigenvalue weighted by atomic mass is 10.1. The van der Waals surface area contributed by atoms with Crippen LogP contribution in [0, 0.1) is 0 Å². The monoisotopic (exact) mass is 412 g/mol. The van der Waals surface area contributed by atoms with Gasteiger partial charge in [0, 0.05) is 25.5 Å². The molecule has 29 heavy (non-hydrogen) atoms. The summed E-state index contributed by atoms with van der Waals surface area (Å²) in [6.45, 7) is 1.41. The summed E-state index contributed by atoms with van der Waals surface area (Å²) in [5.74, 6) is 0. The summed E-state index contributed by atoms with van der Waals surface area (Å²) < 4.78 is 30.2. The number of aliphatic hydroxyl groups excluding tert-OH is 1. The highest BCUT2D eigenvalue weighted by atomic mass is 16.7. The van der Waals surface area contributed by atoms with Gasteiger partial charge in [0.15, 0.2) is 18.8 Å². The van der Waals surface area contributed by atoms with Crippen molar-refractivity contribution < 1.29 is 28.8 Å². The number of nitrogens with zero attached hydrogens (tertiary/aromatic N) is 1. The number of hydrogen-bond donors (Lipinski definition) is 2. The molecule has 10 heteroatoms. The highest BCUT2D eigenvalue weighted by Gasteiger charge is 2.47. The number of ether oxygens (including phenoxy) is 5. The first-order valence-electron chi connectivity index (χ1n) is 10.3. The summed E-state index contributed by atoms with van der Waals surface area (Å²) in [4.78, 5) is 25.7. The van der Waals surface area contributed by atoms with E-state index in [0.717, 1.165) is 43.1 Å². The zero-order valence-corrected chi connectivity index (χ0v) is 16.2. The van der Waals surface area contributed by atoms with Gasteiger partial charge in [0.25, 0.3) is 5.56 Å². The second-order valence-electron chi connectivity index (χ2n) is 7.60. The normalized spacial score (nSPS) is 35.6. The zero-order valence-electron chi connectivity index (χ0n) is 16.2. The molecule has 0 radical (unpaired) electrons. The highest BCUT2D eigenvalue weighted by molar-refractivity contribution is 4.94. The Morgan fingerprint density at radius 2 is 1.83 bits per heavy atom. The molecule has 0 aliphatic carbocycles. The summed E-state index contributed by atoms with van der Waals surface area (Å²) in [6.07, 6.45) is 2.58. The van der Waals surface area contributed by atoms with Crippen molar-refractivity contribution in [1.29, 1.82) is 0 Å². The molecule has 10 nitrogen and oxygen atoms in total. The maximum Gasteiger partial charge on any atom is 0.330 e. The topological polar surface area (TPSA) is 121 Å². The molecule has 2 unspecified atom stereocenters. The Morgan fingerprint density at radius 3 is 2.48 bits per heavy atom. The van der Waals surface area contributed by atoms with Crippen LogP contribution >= 0.6 is 0 Å². The summed E-state index contributed by atoms with van der Waals surface area (Å²) in [7, 11) is 0. The standard InChI is InChI=1S/C19H28N2O8/c22-13-7-8-21(19(24)20-13)18-16(23)17(29-15-6-2-4-10-26-15)12(28-18)11-27-14-5-1-3-9-25-14/h7-8,12,14-18,23H,1-6,9-11H2,(H,20,22,24)/t12-,14?,15?,16-,17-,18-/m1/s1. The van der Waals surface area contributed by atoms with Crippen LogP contribution in [-0.4, -0.2) is 65.4 Å². The third kappa shape index (κ3) is 4.96. The van der Waals surface area contributed by atoms with Gasteiger partial charge in [-0.25, -0.2) is 4.79 Å². The molecule has 0 amide bonds. The molecule has 3 aliphatic rings. The number of nitrogens with one attached hydrogen (secondary N) is 1. The molecule has 4 heterocycles. The molecule has 6 atom stereocenters. The predicted octanol–water partition coefficient (Wildman–Crippen LogP) is 0.250. The van der Waals surface area contributed by atoms with Crippen LogP contribution in [0.3, 0.4) is 0 Å². The third-order valence-corrected chi connectivity index (χ3v) is 5.47. The lowest BCUT2D eigenvalue weighted by Gasteiger charge is -2.30. The number of H-pyrrole nitrogens is 1. The predicted molar refractivity (Wildman–Crippen MR) is 99.2 cm³/mol. The molecule has 0 bridgehead atoms. The maximum atomic E-state index is 12.2.